The Morgan fingerprint density at radius 2 is 2.21 bits per heavy atom. The summed E-state index contributed by atoms with van der Waals surface area (Å²) in [7, 11) is 0. The van der Waals surface area contributed by atoms with Gasteiger partial charge in [0, 0.05) is 23.4 Å². The third-order valence-corrected chi connectivity index (χ3v) is 4.69. The number of rotatable bonds is 4. The van der Waals surface area contributed by atoms with E-state index in [1.165, 1.54) is 0 Å². The molecule has 0 saturated heterocycles. The van der Waals surface area contributed by atoms with Crippen LogP contribution in [-0.2, 0) is 13.0 Å². The highest BCUT2D eigenvalue weighted by molar-refractivity contribution is 5.94. The third-order valence-electron chi connectivity index (χ3n) is 4.69. The molecule has 0 aliphatic carbocycles. The van der Waals surface area contributed by atoms with Crippen LogP contribution in [0, 0.1) is 13.8 Å². The molecule has 1 aromatic carbocycles. The van der Waals surface area contributed by atoms with Gasteiger partial charge in [-0.2, -0.15) is 5.10 Å². The molecule has 24 heavy (non-hydrogen) atoms. The number of aromatic nitrogens is 2. The predicted molar refractivity (Wildman–Crippen MR) is 93.5 cm³/mol. The second kappa shape index (κ2) is 6.67. The first-order valence-corrected chi connectivity index (χ1v) is 8.61. The van der Waals surface area contributed by atoms with Crippen molar-refractivity contribution in [2.45, 2.75) is 53.1 Å². The van der Waals surface area contributed by atoms with Crippen LogP contribution in [0.4, 0.5) is 0 Å². The maximum absolute atomic E-state index is 12.6. The van der Waals surface area contributed by atoms with Crippen LogP contribution in [0.5, 0.6) is 5.75 Å². The van der Waals surface area contributed by atoms with E-state index in [1.807, 2.05) is 36.7 Å². The van der Waals surface area contributed by atoms with Crippen molar-refractivity contribution >= 4 is 5.91 Å². The summed E-state index contributed by atoms with van der Waals surface area (Å²) in [5.41, 5.74) is 4.99. The molecule has 0 spiro atoms. The Bertz CT molecular complexity index is 764. The fraction of sp³-hybridized carbons (Fsp3) is 0.474. The van der Waals surface area contributed by atoms with E-state index >= 15 is 0 Å². The van der Waals surface area contributed by atoms with Gasteiger partial charge in [0.05, 0.1) is 18.3 Å². The van der Waals surface area contributed by atoms with Crippen molar-refractivity contribution in [1.82, 2.24) is 15.1 Å². The van der Waals surface area contributed by atoms with Gasteiger partial charge >= 0.3 is 0 Å². The second-order valence-corrected chi connectivity index (χ2v) is 6.37. The lowest BCUT2D eigenvalue weighted by atomic mass is 10.0. The third kappa shape index (κ3) is 3.03. The standard InChI is InChI=1S/C19H25N3O2/c1-5-22-14(4)18(13(3)21-22)12(2)20-19(23)16-8-9-17-15(11-16)7-6-10-24-17/h8-9,11-12H,5-7,10H2,1-4H3,(H,20,23)/t12-/m1/s1. The molecule has 5 nitrogen and oxygen atoms in total. The number of amides is 1. The molecule has 2 aromatic rings. The van der Waals surface area contributed by atoms with Crippen LogP contribution in [0.25, 0.3) is 0 Å². The number of benzene rings is 1. The first kappa shape index (κ1) is 16.6. The van der Waals surface area contributed by atoms with Crippen molar-refractivity contribution in [3.63, 3.8) is 0 Å². The van der Waals surface area contributed by atoms with Crippen molar-refractivity contribution in [2.24, 2.45) is 0 Å². The molecule has 1 atom stereocenters. The summed E-state index contributed by atoms with van der Waals surface area (Å²) < 4.78 is 7.59. The SMILES string of the molecule is CCn1nc(C)c([C@@H](C)NC(=O)c2ccc3c(c2)CCCO3)c1C. The van der Waals surface area contributed by atoms with Crippen LogP contribution < -0.4 is 10.1 Å². The first-order valence-electron chi connectivity index (χ1n) is 8.61. The van der Waals surface area contributed by atoms with Gasteiger partial charge in [0.25, 0.3) is 5.91 Å². The first-order chi connectivity index (χ1) is 11.5. The molecule has 0 fully saturated rings. The highest BCUT2D eigenvalue weighted by atomic mass is 16.5. The fourth-order valence-corrected chi connectivity index (χ4v) is 3.50. The summed E-state index contributed by atoms with van der Waals surface area (Å²) in [4.78, 5) is 12.6. The van der Waals surface area contributed by atoms with E-state index in [-0.39, 0.29) is 11.9 Å². The molecule has 1 amide bonds. The van der Waals surface area contributed by atoms with Crippen molar-refractivity contribution in [3.8, 4) is 5.75 Å². The minimum absolute atomic E-state index is 0.0566. The highest BCUT2D eigenvalue weighted by Crippen LogP contribution is 2.26. The molecule has 128 valence electrons. The van der Waals surface area contributed by atoms with Crippen molar-refractivity contribution < 1.29 is 9.53 Å². The average Bonchev–Trinajstić information content (AvgIpc) is 2.88. The van der Waals surface area contributed by atoms with Gasteiger partial charge in [0.1, 0.15) is 5.75 Å². The minimum Gasteiger partial charge on any atom is -0.493 e. The lowest BCUT2D eigenvalue weighted by Crippen LogP contribution is -2.27. The number of carbonyl (C=O) groups is 1. The van der Waals surface area contributed by atoms with Gasteiger partial charge in [-0.1, -0.05) is 0 Å². The van der Waals surface area contributed by atoms with Crippen molar-refractivity contribution in [2.75, 3.05) is 6.61 Å². The fourth-order valence-electron chi connectivity index (χ4n) is 3.50. The van der Waals surface area contributed by atoms with Crippen molar-refractivity contribution in [3.05, 3.63) is 46.3 Å². The Hall–Kier alpha value is -2.30. The van der Waals surface area contributed by atoms with Crippen LogP contribution in [0.2, 0.25) is 0 Å². The Kier molecular flexibility index (Phi) is 4.60. The van der Waals surface area contributed by atoms with E-state index in [1.54, 1.807) is 0 Å². The summed E-state index contributed by atoms with van der Waals surface area (Å²) in [6.07, 6.45) is 1.97. The Labute approximate surface area is 143 Å². The molecule has 5 heteroatoms. The molecule has 1 aromatic heterocycles. The quantitative estimate of drug-likeness (QED) is 0.937. The Morgan fingerprint density at radius 1 is 1.42 bits per heavy atom. The normalized spacial score (nSPS) is 14.7. The summed E-state index contributed by atoms with van der Waals surface area (Å²) in [5.74, 6) is 0.848. The maximum atomic E-state index is 12.6. The summed E-state index contributed by atoms with van der Waals surface area (Å²) in [6, 6.07) is 5.61. The number of ether oxygens (including phenoxy) is 1. The molecule has 0 unspecified atom stereocenters. The van der Waals surface area contributed by atoms with E-state index in [4.69, 9.17) is 4.74 Å². The molecule has 3 rings (SSSR count). The highest BCUT2D eigenvalue weighted by Gasteiger charge is 2.20. The van der Waals surface area contributed by atoms with Crippen LogP contribution in [-0.4, -0.2) is 22.3 Å². The van der Waals surface area contributed by atoms with Gasteiger partial charge in [0.2, 0.25) is 0 Å². The van der Waals surface area contributed by atoms with Gasteiger partial charge in [-0.25, -0.2) is 0 Å². The Morgan fingerprint density at radius 3 is 2.92 bits per heavy atom. The minimum atomic E-state index is -0.0786. The molecule has 1 N–H and O–H groups in total. The number of hydrogen-bond acceptors (Lipinski definition) is 3. The lowest BCUT2D eigenvalue weighted by molar-refractivity contribution is 0.0939. The predicted octanol–water partition coefficient (Wildman–Crippen LogP) is 3.34. The molecule has 0 radical (unpaired) electrons. The smallest absolute Gasteiger partial charge is 0.251 e. The van der Waals surface area contributed by atoms with Gasteiger partial charge in [0.15, 0.2) is 0 Å². The van der Waals surface area contributed by atoms with E-state index in [0.717, 1.165) is 54.3 Å². The average molecular weight is 327 g/mol. The van der Waals surface area contributed by atoms with E-state index in [2.05, 4.69) is 24.3 Å². The molecule has 1 aliphatic rings. The number of nitrogens with one attached hydrogen (secondary N) is 1. The molecular weight excluding hydrogens is 302 g/mol. The molecule has 0 bridgehead atoms. The largest absolute Gasteiger partial charge is 0.493 e. The zero-order valence-corrected chi connectivity index (χ0v) is 14.8. The monoisotopic (exact) mass is 327 g/mol. The molecule has 1 aliphatic heterocycles. The van der Waals surface area contributed by atoms with Gasteiger partial charge in [-0.15, -0.1) is 0 Å². The number of nitrogens with zero attached hydrogens (tertiary/aromatic N) is 2. The topological polar surface area (TPSA) is 56.2 Å². The van der Waals surface area contributed by atoms with Gasteiger partial charge < -0.3 is 10.1 Å². The zero-order chi connectivity index (χ0) is 17.3. The molecule has 2 heterocycles. The number of fused-ring (bicyclic) bond motifs is 1. The number of carbonyl (C=O) groups excluding carboxylic acids is 1. The molecule has 0 saturated carbocycles. The summed E-state index contributed by atoms with van der Waals surface area (Å²) in [5, 5.41) is 7.64. The van der Waals surface area contributed by atoms with E-state index in [0.29, 0.717) is 5.56 Å². The van der Waals surface area contributed by atoms with Gasteiger partial charge in [-0.05, 0) is 64.3 Å². The number of hydrogen-bond donors (Lipinski definition) is 1. The number of aryl methyl sites for hydroxylation is 3. The van der Waals surface area contributed by atoms with Crippen LogP contribution in [0.3, 0.4) is 0 Å². The van der Waals surface area contributed by atoms with Crippen LogP contribution >= 0.6 is 0 Å². The summed E-state index contributed by atoms with van der Waals surface area (Å²) in [6.45, 7) is 9.72. The second-order valence-electron chi connectivity index (χ2n) is 6.37. The molecular formula is C19H25N3O2. The van der Waals surface area contributed by atoms with Gasteiger partial charge in [-0.3, -0.25) is 9.48 Å². The van der Waals surface area contributed by atoms with Crippen molar-refractivity contribution in [1.29, 1.82) is 0 Å². The lowest BCUT2D eigenvalue weighted by Gasteiger charge is -2.19. The van der Waals surface area contributed by atoms with Crippen LogP contribution in [0.15, 0.2) is 18.2 Å². The summed E-state index contributed by atoms with van der Waals surface area (Å²) >= 11 is 0. The Balaban J connectivity index is 1.78. The van der Waals surface area contributed by atoms with E-state index < -0.39 is 0 Å². The maximum Gasteiger partial charge on any atom is 0.251 e. The van der Waals surface area contributed by atoms with Crippen LogP contribution in [0.1, 0.15) is 59.2 Å². The van der Waals surface area contributed by atoms with E-state index in [9.17, 15) is 4.79 Å². The zero-order valence-electron chi connectivity index (χ0n) is 14.8.